The fraction of sp³-hybridized carbons (Fsp3) is 0.0588. The minimum absolute atomic E-state index is 0.166. The first-order valence-electron chi connectivity index (χ1n) is 6.98. The quantitative estimate of drug-likeness (QED) is 0.539. The van der Waals surface area contributed by atoms with Gasteiger partial charge < -0.3 is 5.32 Å². The van der Waals surface area contributed by atoms with Crippen molar-refractivity contribution >= 4 is 57.9 Å². The van der Waals surface area contributed by atoms with E-state index in [1.807, 2.05) is 23.6 Å². The van der Waals surface area contributed by atoms with Crippen LogP contribution in [0.4, 0.5) is 5.69 Å². The van der Waals surface area contributed by atoms with E-state index in [4.69, 9.17) is 23.2 Å². The molecule has 3 nitrogen and oxygen atoms in total. The second kappa shape index (κ2) is 8.03. The lowest BCUT2D eigenvalue weighted by molar-refractivity contribution is 0.102. The molecule has 0 bridgehead atoms. The molecule has 3 rings (SSSR count). The number of hydrogen-bond acceptors (Lipinski definition) is 4. The van der Waals surface area contributed by atoms with Gasteiger partial charge in [0.15, 0.2) is 0 Å². The number of carbonyl (C=O) groups is 1. The molecular formula is C17H12Cl2N2OS2. The Morgan fingerprint density at radius 3 is 2.54 bits per heavy atom. The Labute approximate surface area is 158 Å². The van der Waals surface area contributed by atoms with Gasteiger partial charge >= 0.3 is 0 Å². The molecule has 0 saturated heterocycles. The van der Waals surface area contributed by atoms with Gasteiger partial charge in [-0.2, -0.15) is 0 Å². The number of anilines is 1. The molecule has 1 amide bonds. The van der Waals surface area contributed by atoms with Crippen LogP contribution in [0, 0.1) is 0 Å². The zero-order valence-electron chi connectivity index (χ0n) is 12.3. The molecule has 24 heavy (non-hydrogen) atoms. The summed E-state index contributed by atoms with van der Waals surface area (Å²) in [6.07, 6.45) is 3.53. The summed E-state index contributed by atoms with van der Waals surface area (Å²) in [7, 11) is 0. The summed E-state index contributed by atoms with van der Waals surface area (Å²) in [5, 5.41) is 5.72. The van der Waals surface area contributed by atoms with E-state index < -0.39 is 0 Å². The SMILES string of the molecule is O=C(Nc1cc(Cl)cc(Cl)c1)c1sccc1SCc1ccncc1. The number of amides is 1. The Bertz CT molecular complexity index is 833. The predicted octanol–water partition coefficient (Wildman–Crippen LogP) is 5.99. The largest absolute Gasteiger partial charge is 0.321 e. The summed E-state index contributed by atoms with van der Waals surface area (Å²) in [4.78, 5) is 18.1. The molecule has 0 spiro atoms. The molecule has 0 radical (unpaired) electrons. The Morgan fingerprint density at radius 1 is 1.12 bits per heavy atom. The molecule has 0 aliphatic heterocycles. The number of nitrogens with zero attached hydrogens (tertiary/aromatic N) is 1. The Morgan fingerprint density at radius 2 is 1.83 bits per heavy atom. The van der Waals surface area contributed by atoms with Crippen LogP contribution in [0.15, 0.2) is 59.1 Å². The van der Waals surface area contributed by atoms with Crippen LogP contribution in [-0.2, 0) is 5.75 Å². The molecule has 0 aliphatic rings. The van der Waals surface area contributed by atoms with Gasteiger partial charge in [0.05, 0.1) is 0 Å². The summed E-state index contributed by atoms with van der Waals surface area (Å²) in [5.74, 6) is 0.614. The lowest BCUT2D eigenvalue weighted by Crippen LogP contribution is -2.11. The number of thioether (sulfide) groups is 1. The van der Waals surface area contributed by atoms with E-state index in [1.165, 1.54) is 11.3 Å². The van der Waals surface area contributed by atoms with E-state index in [0.717, 1.165) is 16.2 Å². The third kappa shape index (κ3) is 4.51. The summed E-state index contributed by atoms with van der Waals surface area (Å²) in [5.41, 5.74) is 1.74. The smallest absolute Gasteiger partial charge is 0.266 e. The average Bonchev–Trinajstić information content (AvgIpc) is 3.01. The molecule has 7 heteroatoms. The number of nitrogens with one attached hydrogen (secondary N) is 1. The van der Waals surface area contributed by atoms with Crippen molar-refractivity contribution in [3.63, 3.8) is 0 Å². The predicted molar refractivity (Wildman–Crippen MR) is 103 cm³/mol. The molecule has 0 atom stereocenters. The van der Waals surface area contributed by atoms with Crippen LogP contribution in [0.3, 0.4) is 0 Å². The minimum Gasteiger partial charge on any atom is -0.321 e. The number of hydrogen-bond donors (Lipinski definition) is 1. The molecule has 122 valence electrons. The number of benzene rings is 1. The normalized spacial score (nSPS) is 10.6. The fourth-order valence-corrected chi connectivity index (χ4v) is 4.55. The second-order valence-electron chi connectivity index (χ2n) is 4.87. The van der Waals surface area contributed by atoms with Crippen molar-refractivity contribution in [3.8, 4) is 0 Å². The van der Waals surface area contributed by atoms with Gasteiger partial charge in [-0.3, -0.25) is 9.78 Å². The molecule has 0 saturated carbocycles. The van der Waals surface area contributed by atoms with Crippen LogP contribution in [0.25, 0.3) is 0 Å². The van der Waals surface area contributed by atoms with E-state index in [2.05, 4.69) is 10.3 Å². The summed E-state index contributed by atoms with van der Waals surface area (Å²) < 4.78 is 0. The summed E-state index contributed by atoms with van der Waals surface area (Å²) in [6, 6.07) is 10.8. The average molecular weight is 395 g/mol. The topological polar surface area (TPSA) is 42.0 Å². The van der Waals surface area contributed by atoms with Gasteiger partial charge in [0, 0.05) is 38.8 Å². The lowest BCUT2D eigenvalue weighted by Gasteiger charge is -2.07. The van der Waals surface area contributed by atoms with Gasteiger partial charge in [-0.15, -0.1) is 23.1 Å². The lowest BCUT2D eigenvalue weighted by atomic mass is 10.3. The molecule has 1 N–H and O–H groups in total. The van der Waals surface area contributed by atoms with Crippen molar-refractivity contribution < 1.29 is 4.79 Å². The van der Waals surface area contributed by atoms with Crippen LogP contribution in [0.2, 0.25) is 10.0 Å². The standard InChI is InChI=1S/C17H12Cl2N2OS2/c18-12-7-13(19)9-14(8-12)21-17(22)16-15(3-6-23-16)24-10-11-1-4-20-5-2-11/h1-9H,10H2,(H,21,22). The molecule has 2 heterocycles. The van der Waals surface area contributed by atoms with Crippen LogP contribution in [0.5, 0.6) is 0 Å². The first-order chi connectivity index (χ1) is 11.6. The molecule has 3 aromatic rings. The highest BCUT2D eigenvalue weighted by Gasteiger charge is 2.14. The van der Waals surface area contributed by atoms with Crippen molar-refractivity contribution in [1.29, 1.82) is 0 Å². The number of carbonyl (C=O) groups excluding carboxylic acids is 1. The number of halogens is 2. The molecule has 0 aliphatic carbocycles. The van der Waals surface area contributed by atoms with Crippen LogP contribution >= 0.6 is 46.3 Å². The van der Waals surface area contributed by atoms with Crippen molar-refractivity contribution in [1.82, 2.24) is 4.98 Å². The maximum atomic E-state index is 12.5. The number of thiophene rings is 1. The van der Waals surface area contributed by atoms with Crippen molar-refractivity contribution in [2.24, 2.45) is 0 Å². The summed E-state index contributed by atoms with van der Waals surface area (Å²) >= 11 is 15.0. The van der Waals surface area contributed by atoms with Gasteiger partial charge in [0.2, 0.25) is 0 Å². The second-order valence-corrected chi connectivity index (χ2v) is 7.68. The third-order valence-electron chi connectivity index (χ3n) is 3.10. The Kier molecular flexibility index (Phi) is 5.79. The van der Waals surface area contributed by atoms with Crippen LogP contribution in [-0.4, -0.2) is 10.9 Å². The van der Waals surface area contributed by atoms with Gasteiger partial charge in [0.1, 0.15) is 4.88 Å². The molecule has 2 aromatic heterocycles. The number of rotatable bonds is 5. The molecule has 1 aromatic carbocycles. The molecule has 0 fully saturated rings. The molecular weight excluding hydrogens is 383 g/mol. The van der Waals surface area contributed by atoms with Gasteiger partial charge in [0.25, 0.3) is 5.91 Å². The van der Waals surface area contributed by atoms with E-state index in [1.54, 1.807) is 42.4 Å². The third-order valence-corrected chi connectivity index (χ3v) is 5.71. The zero-order valence-corrected chi connectivity index (χ0v) is 15.5. The highest BCUT2D eigenvalue weighted by atomic mass is 35.5. The van der Waals surface area contributed by atoms with Crippen LogP contribution < -0.4 is 5.32 Å². The first kappa shape index (κ1) is 17.3. The number of aromatic nitrogens is 1. The van der Waals surface area contributed by atoms with Gasteiger partial charge in [-0.1, -0.05) is 23.2 Å². The van der Waals surface area contributed by atoms with E-state index >= 15 is 0 Å². The Balaban J connectivity index is 1.71. The van der Waals surface area contributed by atoms with Gasteiger partial charge in [-0.25, -0.2) is 0 Å². The van der Waals surface area contributed by atoms with E-state index in [0.29, 0.717) is 20.6 Å². The van der Waals surface area contributed by atoms with Gasteiger partial charge in [-0.05, 0) is 47.3 Å². The van der Waals surface area contributed by atoms with Crippen LogP contribution in [0.1, 0.15) is 15.2 Å². The highest BCUT2D eigenvalue weighted by Crippen LogP contribution is 2.31. The Hall–Kier alpha value is -1.53. The van der Waals surface area contributed by atoms with E-state index in [-0.39, 0.29) is 5.91 Å². The van der Waals surface area contributed by atoms with Crippen molar-refractivity contribution in [2.45, 2.75) is 10.6 Å². The van der Waals surface area contributed by atoms with Crippen molar-refractivity contribution in [3.05, 3.63) is 74.7 Å². The van der Waals surface area contributed by atoms with E-state index in [9.17, 15) is 4.79 Å². The number of pyridine rings is 1. The fourth-order valence-electron chi connectivity index (χ4n) is 2.03. The minimum atomic E-state index is -0.166. The monoisotopic (exact) mass is 394 g/mol. The highest BCUT2D eigenvalue weighted by molar-refractivity contribution is 7.98. The molecule has 0 unspecified atom stereocenters. The first-order valence-corrected chi connectivity index (χ1v) is 9.60. The summed E-state index contributed by atoms with van der Waals surface area (Å²) in [6.45, 7) is 0. The maximum Gasteiger partial charge on any atom is 0.266 e. The van der Waals surface area contributed by atoms with Crippen molar-refractivity contribution in [2.75, 3.05) is 5.32 Å². The zero-order chi connectivity index (χ0) is 16.9. The maximum absolute atomic E-state index is 12.5.